The van der Waals surface area contributed by atoms with Crippen molar-refractivity contribution in [2.24, 2.45) is 0 Å². The maximum atomic E-state index is 12.3. The van der Waals surface area contributed by atoms with Gasteiger partial charge in [0, 0.05) is 24.4 Å². The summed E-state index contributed by atoms with van der Waals surface area (Å²) in [6.45, 7) is 1.95. The van der Waals surface area contributed by atoms with Crippen molar-refractivity contribution in [2.75, 3.05) is 0 Å². The Balaban J connectivity index is 1.43. The highest BCUT2D eigenvalue weighted by Gasteiger charge is 2.29. The molecule has 1 aliphatic carbocycles. The monoisotopic (exact) mass is 322 g/mol. The lowest BCUT2D eigenvalue weighted by atomic mass is 10.1. The van der Waals surface area contributed by atoms with Crippen LogP contribution in [0.2, 0.25) is 0 Å². The van der Waals surface area contributed by atoms with Gasteiger partial charge >= 0.3 is 0 Å². The number of hydrogen-bond acceptors (Lipinski definition) is 4. The quantitative estimate of drug-likeness (QED) is 0.783. The first-order chi connectivity index (χ1) is 11.7. The van der Waals surface area contributed by atoms with Crippen LogP contribution < -0.4 is 5.32 Å². The lowest BCUT2D eigenvalue weighted by molar-refractivity contribution is 0.0930. The average Bonchev–Trinajstić information content (AvgIpc) is 3.12. The lowest BCUT2D eigenvalue weighted by Gasteiger charge is -2.14. The van der Waals surface area contributed by atoms with Crippen molar-refractivity contribution >= 4 is 5.91 Å². The van der Waals surface area contributed by atoms with Gasteiger partial charge in [-0.25, -0.2) is 4.68 Å². The van der Waals surface area contributed by atoms with Crippen molar-refractivity contribution in [3.63, 3.8) is 0 Å². The maximum absolute atomic E-state index is 12.3. The van der Waals surface area contributed by atoms with Crippen molar-refractivity contribution in [1.29, 1.82) is 0 Å². The predicted molar refractivity (Wildman–Crippen MR) is 87.9 cm³/mol. The van der Waals surface area contributed by atoms with Gasteiger partial charge in [-0.05, 0) is 43.5 Å². The zero-order valence-electron chi connectivity index (χ0n) is 13.3. The van der Waals surface area contributed by atoms with E-state index in [0.717, 1.165) is 29.9 Å². The molecule has 4 rings (SSSR count). The van der Waals surface area contributed by atoms with Gasteiger partial charge in [-0.2, -0.15) is 5.10 Å². The number of benzene rings is 1. The van der Waals surface area contributed by atoms with E-state index in [1.807, 2.05) is 43.5 Å². The molecule has 0 spiro atoms. The second-order valence-electron chi connectivity index (χ2n) is 6.13. The van der Waals surface area contributed by atoms with Gasteiger partial charge in [0.15, 0.2) is 5.69 Å². The minimum Gasteiger partial charge on any atom is -0.360 e. The number of aromatic nitrogens is 3. The smallest absolute Gasteiger partial charge is 0.273 e. The lowest BCUT2D eigenvalue weighted by Crippen LogP contribution is -2.26. The number of rotatable bonds is 5. The molecular weight excluding hydrogens is 304 g/mol. The summed E-state index contributed by atoms with van der Waals surface area (Å²) in [4.78, 5) is 12.3. The zero-order valence-corrected chi connectivity index (χ0v) is 13.3. The van der Waals surface area contributed by atoms with Gasteiger partial charge in [-0.3, -0.25) is 4.79 Å². The Bertz CT molecular complexity index is 832. The molecule has 1 amide bonds. The topological polar surface area (TPSA) is 73.0 Å². The molecule has 122 valence electrons. The van der Waals surface area contributed by atoms with E-state index in [1.54, 1.807) is 16.9 Å². The van der Waals surface area contributed by atoms with Crippen LogP contribution in [0.4, 0.5) is 0 Å². The third kappa shape index (κ3) is 2.95. The van der Waals surface area contributed by atoms with Gasteiger partial charge in [0.1, 0.15) is 5.76 Å². The Morgan fingerprint density at radius 2 is 2.12 bits per heavy atom. The van der Waals surface area contributed by atoms with Crippen molar-refractivity contribution in [2.45, 2.75) is 31.7 Å². The number of nitrogens with one attached hydrogen (secondary N) is 1. The van der Waals surface area contributed by atoms with Gasteiger partial charge in [0.05, 0.1) is 11.7 Å². The Morgan fingerprint density at radius 1 is 1.33 bits per heavy atom. The fourth-order valence-electron chi connectivity index (χ4n) is 2.65. The van der Waals surface area contributed by atoms with E-state index in [-0.39, 0.29) is 11.9 Å². The van der Waals surface area contributed by atoms with Crippen LogP contribution in [0.15, 0.2) is 53.3 Å². The first-order valence-corrected chi connectivity index (χ1v) is 8.08. The summed E-state index contributed by atoms with van der Waals surface area (Å²) in [5, 5.41) is 11.0. The Morgan fingerprint density at radius 3 is 2.79 bits per heavy atom. The summed E-state index contributed by atoms with van der Waals surface area (Å²) in [6.07, 6.45) is 5.87. The number of carbonyl (C=O) groups is 1. The third-order valence-corrected chi connectivity index (χ3v) is 4.25. The van der Waals surface area contributed by atoms with E-state index in [1.165, 1.54) is 0 Å². The highest BCUT2D eigenvalue weighted by atomic mass is 16.5. The van der Waals surface area contributed by atoms with Gasteiger partial charge in [-0.15, -0.1) is 0 Å². The molecule has 1 aliphatic rings. The van der Waals surface area contributed by atoms with Crippen molar-refractivity contribution in [3.05, 3.63) is 65.8 Å². The molecule has 2 heterocycles. The summed E-state index contributed by atoms with van der Waals surface area (Å²) >= 11 is 0. The van der Waals surface area contributed by atoms with Crippen LogP contribution in [-0.4, -0.2) is 20.8 Å². The van der Waals surface area contributed by atoms with E-state index < -0.39 is 0 Å². The van der Waals surface area contributed by atoms with Crippen LogP contribution in [0.5, 0.6) is 0 Å². The van der Waals surface area contributed by atoms with Gasteiger partial charge < -0.3 is 9.84 Å². The van der Waals surface area contributed by atoms with Crippen LogP contribution >= 0.6 is 0 Å². The fraction of sp³-hybridized carbons (Fsp3) is 0.278. The number of carbonyl (C=O) groups excluding carboxylic acids is 1. The molecule has 1 N–H and O–H groups in total. The molecule has 24 heavy (non-hydrogen) atoms. The number of amides is 1. The maximum Gasteiger partial charge on any atom is 0.273 e. The molecule has 0 radical (unpaired) electrons. The number of hydrogen-bond donors (Lipinski definition) is 1. The molecule has 2 aromatic heterocycles. The SMILES string of the molecule is C[C@H](NC(=O)c1cc(C2CC2)on1)c1ccc(-n2cccn2)cc1. The first-order valence-electron chi connectivity index (χ1n) is 8.08. The highest BCUT2D eigenvalue weighted by Crippen LogP contribution is 2.40. The van der Waals surface area contributed by atoms with Gasteiger partial charge in [0.2, 0.25) is 0 Å². The van der Waals surface area contributed by atoms with Crippen LogP contribution in [0, 0.1) is 0 Å². The van der Waals surface area contributed by atoms with E-state index in [9.17, 15) is 4.79 Å². The molecule has 0 unspecified atom stereocenters. The van der Waals surface area contributed by atoms with Gasteiger partial charge in [-0.1, -0.05) is 17.3 Å². The Kier molecular flexibility index (Phi) is 3.65. The average molecular weight is 322 g/mol. The van der Waals surface area contributed by atoms with Crippen LogP contribution in [0.1, 0.15) is 53.5 Å². The highest BCUT2D eigenvalue weighted by molar-refractivity contribution is 5.92. The molecule has 0 aliphatic heterocycles. The molecular formula is C18H18N4O2. The molecule has 1 saturated carbocycles. The third-order valence-electron chi connectivity index (χ3n) is 4.25. The van der Waals surface area contributed by atoms with Crippen molar-refractivity contribution < 1.29 is 9.32 Å². The second kappa shape index (κ2) is 5.96. The largest absolute Gasteiger partial charge is 0.360 e. The minimum absolute atomic E-state index is 0.120. The van der Waals surface area contributed by atoms with E-state index >= 15 is 0 Å². The molecule has 6 nitrogen and oxygen atoms in total. The molecule has 1 aromatic carbocycles. The van der Waals surface area contributed by atoms with Crippen LogP contribution in [0.25, 0.3) is 5.69 Å². The molecule has 6 heteroatoms. The Hall–Kier alpha value is -2.89. The number of nitrogens with zero attached hydrogens (tertiary/aromatic N) is 3. The Labute approximate surface area is 139 Å². The summed E-state index contributed by atoms with van der Waals surface area (Å²) in [7, 11) is 0. The van der Waals surface area contributed by atoms with Crippen molar-refractivity contribution in [1.82, 2.24) is 20.3 Å². The normalized spacial score (nSPS) is 15.2. The molecule has 1 atom stereocenters. The standard InChI is InChI=1S/C18H18N4O2/c1-12(13-5-7-15(8-6-13)22-10-2-9-19-22)20-18(23)16-11-17(24-21-16)14-3-4-14/h2,5-12,14H,3-4H2,1H3,(H,20,23)/t12-/m0/s1. The second-order valence-corrected chi connectivity index (χ2v) is 6.13. The summed E-state index contributed by atoms with van der Waals surface area (Å²) in [5.41, 5.74) is 2.34. The van der Waals surface area contributed by atoms with Crippen molar-refractivity contribution in [3.8, 4) is 5.69 Å². The molecule has 0 bridgehead atoms. The summed E-state index contributed by atoms with van der Waals surface area (Å²) < 4.78 is 7.03. The first kappa shape index (κ1) is 14.7. The van der Waals surface area contributed by atoms with Crippen LogP contribution in [0.3, 0.4) is 0 Å². The van der Waals surface area contributed by atoms with E-state index in [0.29, 0.717) is 11.6 Å². The van der Waals surface area contributed by atoms with Crippen LogP contribution in [-0.2, 0) is 0 Å². The van der Waals surface area contributed by atoms with Gasteiger partial charge in [0.25, 0.3) is 5.91 Å². The summed E-state index contributed by atoms with van der Waals surface area (Å²) in [6, 6.07) is 11.4. The van der Waals surface area contributed by atoms with E-state index in [2.05, 4.69) is 15.6 Å². The molecule has 0 saturated heterocycles. The minimum atomic E-state index is -0.214. The zero-order chi connectivity index (χ0) is 16.5. The fourth-order valence-corrected chi connectivity index (χ4v) is 2.65. The molecule has 1 fully saturated rings. The summed E-state index contributed by atoms with van der Waals surface area (Å²) in [5.74, 6) is 1.05. The predicted octanol–water partition coefficient (Wildman–Crippen LogP) is 3.23. The van der Waals surface area contributed by atoms with E-state index in [4.69, 9.17) is 4.52 Å². The molecule has 3 aromatic rings.